The lowest BCUT2D eigenvalue weighted by molar-refractivity contribution is 0.154. The molecule has 0 saturated heterocycles. The van der Waals surface area contributed by atoms with Gasteiger partial charge in [-0.1, -0.05) is 26.0 Å². The Hall–Kier alpha value is -1.48. The number of nitrogens with one attached hydrogen (secondary N) is 1. The molecule has 0 aliphatic carbocycles. The summed E-state index contributed by atoms with van der Waals surface area (Å²) in [5, 5.41) is 1.07. The van der Waals surface area contributed by atoms with Crippen LogP contribution in [0.15, 0.2) is 24.4 Å². The van der Waals surface area contributed by atoms with Crippen LogP contribution in [0.1, 0.15) is 20.8 Å². The lowest BCUT2D eigenvalue weighted by atomic mass is 10.2. The van der Waals surface area contributed by atoms with E-state index in [1.165, 1.54) is 0 Å². The highest BCUT2D eigenvalue weighted by Crippen LogP contribution is 2.24. The molecule has 0 saturated carbocycles. The number of hydrogen-bond donors (Lipinski definition) is 1. The van der Waals surface area contributed by atoms with Gasteiger partial charge in [0.25, 0.3) is 0 Å². The zero-order chi connectivity index (χ0) is 13.0. The van der Waals surface area contributed by atoms with Gasteiger partial charge in [0.15, 0.2) is 0 Å². The van der Waals surface area contributed by atoms with Gasteiger partial charge >= 0.3 is 0 Å². The second kappa shape index (κ2) is 5.91. The maximum Gasteiger partial charge on any atom is 0.143 e. The second-order valence-corrected chi connectivity index (χ2v) is 4.53. The van der Waals surface area contributed by atoms with Crippen LogP contribution in [0.25, 0.3) is 10.9 Å². The number of H-pyrrole nitrogens is 1. The number of aromatic nitrogens is 1. The van der Waals surface area contributed by atoms with Crippen molar-refractivity contribution < 1.29 is 4.74 Å². The Labute approximate surface area is 109 Å². The molecular weight excluding hydrogens is 224 g/mol. The third-order valence-corrected chi connectivity index (χ3v) is 3.21. The largest absolute Gasteiger partial charge is 0.487 e. The molecule has 0 spiro atoms. The van der Waals surface area contributed by atoms with Crippen molar-refractivity contribution in [3.63, 3.8) is 0 Å². The summed E-state index contributed by atoms with van der Waals surface area (Å²) in [7, 11) is 0. The second-order valence-electron chi connectivity index (χ2n) is 4.53. The van der Waals surface area contributed by atoms with Crippen LogP contribution < -0.4 is 4.74 Å². The summed E-state index contributed by atoms with van der Waals surface area (Å²) in [5.74, 6) is 0.911. The van der Waals surface area contributed by atoms with Gasteiger partial charge in [0, 0.05) is 24.2 Å². The van der Waals surface area contributed by atoms with E-state index in [4.69, 9.17) is 4.74 Å². The normalized spacial score (nSPS) is 13.1. The Morgan fingerprint density at radius 1 is 1.33 bits per heavy atom. The summed E-state index contributed by atoms with van der Waals surface area (Å²) >= 11 is 0. The molecule has 1 unspecified atom stereocenters. The van der Waals surface area contributed by atoms with Crippen molar-refractivity contribution in [2.75, 3.05) is 19.6 Å². The Kier molecular flexibility index (Phi) is 4.26. The van der Waals surface area contributed by atoms with E-state index in [2.05, 4.69) is 36.7 Å². The number of rotatable bonds is 6. The topological polar surface area (TPSA) is 28.3 Å². The Morgan fingerprint density at radius 3 is 2.83 bits per heavy atom. The van der Waals surface area contributed by atoms with Gasteiger partial charge in [-0.15, -0.1) is 0 Å². The summed E-state index contributed by atoms with van der Waals surface area (Å²) < 4.78 is 6.03. The summed E-state index contributed by atoms with van der Waals surface area (Å²) in [5.41, 5.74) is 1.03. The molecular formula is C15H21N2O. The minimum atomic E-state index is 0.179. The maximum absolute atomic E-state index is 6.03. The summed E-state index contributed by atoms with van der Waals surface area (Å²) in [6, 6.07) is 9.20. The molecule has 18 heavy (non-hydrogen) atoms. The molecule has 0 aliphatic heterocycles. The van der Waals surface area contributed by atoms with Crippen molar-refractivity contribution in [1.82, 2.24) is 9.88 Å². The number of fused-ring (bicyclic) bond motifs is 1. The number of ether oxygens (including phenoxy) is 1. The van der Waals surface area contributed by atoms with E-state index in [0.29, 0.717) is 0 Å². The molecule has 1 aromatic carbocycles. The number of hydrogen-bond acceptors (Lipinski definition) is 2. The lowest BCUT2D eigenvalue weighted by Crippen LogP contribution is -2.33. The Morgan fingerprint density at radius 2 is 2.11 bits per heavy atom. The number of likely N-dealkylation sites (N-methyl/N-ethyl adjacent to an activating group) is 1. The van der Waals surface area contributed by atoms with E-state index in [-0.39, 0.29) is 6.10 Å². The van der Waals surface area contributed by atoms with Gasteiger partial charge in [0.1, 0.15) is 11.9 Å². The first-order chi connectivity index (χ1) is 8.74. The van der Waals surface area contributed by atoms with Crippen molar-refractivity contribution in [2.45, 2.75) is 26.9 Å². The molecule has 2 rings (SSSR count). The molecule has 1 radical (unpaired) electrons. The smallest absolute Gasteiger partial charge is 0.143 e. The average Bonchev–Trinajstić information content (AvgIpc) is 2.85. The van der Waals surface area contributed by atoms with Gasteiger partial charge in [-0.2, -0.15) is 0 Å². The fraction of sp³-hybridized carbons (Fsp3) is 0.467. The van der Waals surface area contributed by atoms with Crippen molar-refractivity contribution in [3.8, 4) is 5.75 Å². The van der Waals surface area contributed by atoms with E-state index < -0.39 is 0 Å². The van der Waals surface area contributed by atoms with Crippen LogP contribution in [0.2, 0.25) is 0 Å². The standard InChI is InChI=1S/C15H21N2O/c1-4-17(5-2)11-12(3)18-14-8-6-7-13-9-10-16-15(13)14/h6-8,10,12,16H,4-5,11H2,1-3H3. The molecule has 3 heteroatoms. The van der Waals surface area contributed by atoms with Crippen LogP contribution in [-0.2, 0) is 0 Å². The van der Waals surface area contributed by atoms with Crippen LogP contribution in [0.3, 0.4) is 0 Å². The third kappa shape index (κ3) is 2.85. The molecule has 1 N–H and O–H groups in total. The minimum Gasteiger partial charge on any atom is -0.487 e. The Bertz CT molecular complexity index is 488. The van der Waals surface area contributed by atoms with E-state index >= 15 is 0 Å². The zero-order valence-electron chi connectivity index (χ0n) is 11.4. The van der Waals surface area contributed by atoms with Crippen LogP contribution in [0, 0.1) is 6.07 Å². The van der Waals surface area contributed by atoms with Crippen molar-refractivity contribution >= 4 is 10.9 Å². The molecule has 97 valence electrons. The highest BCUT2D eigenvalue weighted by Gasteiger charge is 2.10. The first kappa shape index (κ1) is 13.0. The molecule has 2 aromatic rings. The summed E-state index contributed by atoms with van der Waals surface area (Å²) in [4.78, 5) is 5.55. The number of para-hydroxylation sites is 1. The number of benzene rings is 1. The first-order valence-corrected chi connectivity index (χ1v) is 6.61. The van der Waals surface area contributed by atoms with Gasteiger partial charge < -0.3 is 14.6 Å². The Balaban J connectivity index is 2.06. The zero-order valence-corrected chi connectivity index (χ0v) is 11.4. The first-order valence-electron chi connectivity index (χ1n) is 6.61. The molecule has 1 atom stereocenters. The van der Waals surface area contributed by atoms with Crippen LogP contribution in [0.5, 0.6) is 5.75 Å². The van der Waals surface area contributed by atoms with Crippen molar-refractivity contribution in [2.24, 2.45) is 0 Å². The molecule has 0 aliphatic rings. The highest BCUT2D eigenvalue weighted by molar-refractivity contribution is 5.84. The van der Waals surface area contributed by atoms with E-state index in [9.17, 15) is 0 Å². The minimum absolute atomic E-state index is 0.179. The molecule has 0 amide bonds. The van der Waals surface area contributed by atoms with Crippen LogP contribution >= 0.6 is 0 Å². The fourth-order valence-electron chi connectivity index (χ4n) is 2.18. The summed E-state index contributed by atoms with van der Waals surface area (Å²) in [6.45, 7) is 9.54. The van der Waals surface area contributed by atoms with E-state index in [0.717, 1.165) is 36.3 Å². The fourth-order valence-corrected chi connectivity index (χ4v) is 2.18. The van der Waals surface area contributed by atoms with E-state index in [1.54, 1.807) is 0 Å². The SMILES string of the molecule is CCN(CC)CC(C)Oc1cccc2[c]c[nH]c12. The molecule has 0 fully saturated rings. The van der Waals surface area contributed by atoms with Crippen molar-refractivity contribution in [3.05, 3.63) is 30.5 Å². The van der Waals surface area contributed by atoms with Gasteiger partial charge in [0.05, 0.1) is 5.52 Å². The van der Waals surface area contributed by atoms with Crippen LogP contribution in [0.4, 0.5) is 0 Å². The number of aromatic amines is 1. The van der Waals surface area contributed by atoms with Crippen molar-refractivity contribution in [1.29, 1.82) is 0 Å². The van der Waals surface area contributed by atoms with Gasteiger partial charge in [-0.25, -0.2) is 0 Å². The lowest BCUT2D eigenvalue weighted by Gasteiger charge is -2.23. The maximum atomic E-state index is 6.03. The third-order valence-electron chi connectivity index (χ3n) is 3.21. The highest BCUT2D eigenvalue weighted by atomic mass is 16.5. The molecule has 1 heterocycles. The monoisotopic (exact) mass is 245 g/mol. The quantitative estimate of drug-likeness (QED) is 0.847. The molecule has 0 bridgehead atoms. The summed E-state index contributed by atoms with van der Waals surface area (Å²) in [6.07, 6.45) is 2.01. The molecule has 3 nitrogen and oxygen atoms in total. The van der Waals surface area contributed by atoms with Gasteiger partial charge in [-0.3, -0.25) is 0 Å². The number of nitrogens with zero attached hydrogens (tertiary/aromatic N) is 1. The predicted molar refractivity (Wildman–Crippen MR) is 75.0 cm³/mol. The predicted octanol–water partition coefficient (Wildman–Crippen LogP) is 3.08. The van der Waals surface area contributed by atoms with Gasteiger partial charge in [0.2, 0.25) is 0 Å². The van der Waals surface area contributed by atoms with Gasteiger partial charge in [-0.05, 0) is 26.1 Å². The van der Waals surface area contributed by atoms with Crippen LogP contribution in [-0.4, -0.2) is 35.6 Å². The average molecular weight is 245 g/mol. The van der Waals surface area contributed by atoms with E-state index in [1.807, 2.05) is 24.4 Å². The molecule has 1 aromatic heterocycles.